The monoisotopic (exact) mass is 315 g/mol. The Hall–Kier alpha value is -2.63. The summed E-state index contributed by atoms with van der Waals surface area (Å²) < 4.78 is 1.55. The second-order valence-corrected chi connectivity index (χ2v) is 5.92. The highest BCUT2D eigenvalue weighted by molar-refractivity contribution is 6.01. The molecule has 0 aliphatic rings. The number of nitrogens with zero attached hydrogens (tertiary/aromatic N) is 2. The number of rotatable bonds is 6. The molecule has 0 spiro atoms. The summed E-state index contributed by atoms with van der Waals surface area (Å²) in [4.78, 5) is 23.8. The number of benzene rings is 1. The highest BCUT2D eigenvalue weighted by Gasteiger charge is 2.24. The van der Waals surface area contributed by atoms with E-state index in [1.54, 1.807) is 17.9 Å². The minimum Gasteiger partial charge on any atom is -0.480 e. The smallest absolute Gasteiger partial charge is 0.326 e. The van der Waals surface area contributed by atoms with E-state index in [0.29, 0.717) is 17.7 Å². The highest BCUT2D eigenvalue weighted by atomic mass is 16.4. The summed E-state index contributed by atoms with van der Waals surface area (Å²) in [5.41, 5.74) is 1.72. The Morgan fingerprint density at radius 1 is 1.26 bits per heavy atom. The number of hydrogen-bond donors (Lipinski definition) is 2. The van der Waals surface area contributed by atoms with Crippen molar-refractivity contribution in [3.05, 3.63) is 42.1 Å². The van der Waals surface area contributed by atoms with Gasteiger partial charge in [0.2, 0.25) is 0 Å². The third-order valence-corrected chi connectivity index (χ3v) is 3.43. The van der Waals surface area contributed by atoms with E-state index in [2.05, 4.69) is 10.4 Å². The molecule has 1 aromatic heterocycles. The molecular weight excluding hydrogens is 294 g/mol. The molecule has 6 nitrogen and oxygen atoms in total. The van der Waals surface area contributed by atoms with Gasteiger partial charge in [-0.1, -0.05) is 44.2 Å². The molecule has 2 aromatic rings. The maximum absolute atomic E-state index is 12.5. The fourth-order valence-corrected chi connectivity index (χ4v) is 2.39. The Labute approximate surface area is 135 Å². The SMILES string of the molecule is CC(C)C[C@@H](NC(=O)c1cn(C)nc1-c1ccccc1)C(=O)O. The molecule has 23 heavy (non-hydrogen) atoms. The number of carboxylic acids is 1. The van der Waals surface area contributed by atoms with E-state index in [0.717, 1.165) is 5.56 Å². The third kappa shape index (κ3) is 4.18. The summed E-state index contributed by atoms with van der Waals surface area (Å²) >= 11 is 0. The van der Waals surface area contributed by atoms with Crippen molar-refractivity contribution < 1.29 is 14.7 Å². The predicted octanol–water partition coefficient (Wildman–Crippen LogP) is 2.32. The van der Waals surface area contributed by atoms with E-state index in [-0.39, 0.29) is 5.92 Å². The molecule has 2 rings (SSSR count). The summed E-state index contributed by atoms with van der Waals surface area (Å²) in [7, 11) is 1.73. The molecule has 1 amide bonds. The van der Waals surface area contributed by atoms with Gasteiger partial charge in [-0.25, -0.2) is 4.79 Å². The molecule has 0 radical (unpaired) electrons. The fourth-order valence-electron chi connectivity index (χ4n) is 2.39. The van der Waals surface area contributed by atoms with Crippen molar-refractivity contribution in [1.82, 2.24) is 15.1 Å². The van der Waals surface area contributed by atoms with Gasteiger partial charge in [0.1, 0.15) is 11.7 Å². The lowest BCUT2D eigenvalue weighted by atomic mass is 10.0. The first-order valence-electron chi connectivity index (χ1n) is 7.51. The minimum atomic E-state index is -1.03. The zero-order valence-electron chi connectivity index (χ0n) is 13.5. The van der Waals surface area contributed by atoms with Crippen LogP contribution in [0, 0.1) is 5.92 Å². The van der Waals surface area contributed by atoms with Crippen LogP contribution in [-0.4, -0.2) is 32.8 Å². The van der Waals surface area contributed by atoms with Gasteiger partial charge in [0.15, 0.2) is 0 Å². The molecule has 6 heteroatoms. The first-order chi connectivity index (χ1) is 10.9. The Kier molecular flexibility index (Phi) is 5.16. The lowest BCUT2D eigenvalue weighted by molar-refractivity contribution is -0.139. The molecule has 0 saturated carbocycles. The Morgan fingerprint density at radius 2 is 1.91 bits per heavy atom. The molecule has 0 saturated heterocycles. The Balaban J connectivity index is 2.28. The van der Waals surface area contributed by atoms with E-state index in [1.807, 2.05) is 44.2 Å². The Morgan fingerprint density at radius 3 is 2.48 bits per heavy atom. The maximum Gasteiger partial charge on any atom is 0.326 e. The average molecular weight is 315 g/mol. The second kappa shape index (κ2) is 7.09. The van der Waals surface area contributed by atoms with Crippen molar-refractivity contribution >= 4 is 11.9 Å². The van der Waals surface area contributed by atoms with E-state index in [4.69, 9.17) is 0 Å². The zero-order chi connectivity index (χ0) is 17.0. The maximum atomic E-state index is 12.5. The number of carbonyl (C=O) groups excluding carboxylic acids is 1. The topological polar surface area (TPSA) is 84.2 Å². The Bertz CT molecular complexity index is 692. The lowest BCUT2D eigenvalue weighted by Gasteiger charge is -2.16. The molecule has 0 fully saturated rings. The number of aliphatic carboxylic acids is 1. The second-order valence-electron chi connectivity index (χ2n) is 5.92. The van der Waals surface area contributed by atoms with Gasteiger partial charge in [-0.2, -0.15) is 5.10 Å². The van der Waals surface area contributed by atoms with Crippen LogP contribution in [0.15, 0.2) is 36.5 Å². The van der Waals surface area contributed by atoms with E-state index >= 15 is 0 Å². The van der Waals surface area contributed by atoms with Crippen LogP contribution in [0.3, 0.4) is 0 Å². The van der Waals surface area contributed by atoms with Crippen LogP contribution in [0.2, 0.25) is 0 Å². The predicted molar refractivity (Wildman–Crippen MR) is 87.0 cm³/mol. The number of aromatic nitrogens is 2. The van der Waals surface area contributed by atoms with Gasteiger partial charge in [0.25, 0.3) is 5.91 Å². The fraction of sp³-hybridized carbons (Fsp3) is 0.353. The quantitative estimate of drug-likeness (QED) is 0.857. The number of aryl methyl sites for hydroxylation is 1. The number of nitrogens with one attached hydrogen (secondary N) is 1. The molecule has 1 aromatic carbocycles. The number of hydrogen-bond acceptors (Lipinski definition) is 3. The van der Waals surface area contributed by atoms with Gasteiger partial charge in [-0.3, -0.25) is 9.48 Å². The molecule has 0 bridgehead atoms. The van der Waals surface area contributed by atoms with E-state index in [9.17, 15) is 14.7 Å². The van der Waals surface area contributed by atoms with Crippen LogP contribution in [0.5, 0.6) is 0 Å². The molecule has 0 aliphatic carbocycles. The van der Waals surface area contributed by atoms with Gasteiger partial charge in [-0.15, -0.1) is 0 Å². The number of carbonyl (C=O) groups is 2. The van der Waals surface area contributed by atoms with Gasteiger partial charge < -0.3 is 10.4 Å². The molecule has 2 N–H and O–H groups in total. The van der Waals surface area contributed by atoms with E-state index in [1.165, 1.54) is 0 Å². The first-order valence-corrected chi connectivity index (χ1v) is 7.51. The van der Waals surface area contributed by atoms with Crippen LogP contribution >= 0.6 is 0 Å². The van der Waals surface area contributed by atoms with Crippen molar-refractivity contribution in [2.45, 2.75) is 26.3 Å². The average Bonchev–Trinajstić information content (AvgIpc) is 2.89. The molecule has 0 aliphatic heterocycles. The lowest BCUT2D eigenvalue weighted by Crippen LogP contribution is -2.41. The van der Waals surface area contributed by atoms with Crippen molar-refractivity contribution in [3.63, 3.8) is 0 Å². The van der Waals surface area contributed by atoms with Gasteiger partial charge in [-0.05, 0) is 12.3 Å². The summed E-state index contributed by atoms with van der Waals surface area (Å²) in [5.74, 6) is -1.29. The van der Waals surface area contributed by atoms with Gasteiger partial charge in [0.05, 0.1) is 5.56 Å². The largest absolute Gasteiger partial charge is 0.480 e. The highest BCUT2D eigenvalue weighted by Crippen LogP contribution is 2.21. The summed E-state index contributed by atoms with van der Waals surface area (Å²) in [6.45, 7) is 3.84. The minimum absolute atomic E-state index is 0.166. The third-order valence-electron chi connectivity index (χ3n) is 3.43. The molecule has 0 unspecified atom stereocenters. The standard InChI is InChI=1S/C17H21N3O3/c1-11(2)9-14(17(22)23)18-16(21)13-10-20(3)19-15(13)12-7-5-4-6-8-12/h4-8,10-11,14H,9H2,1-3H3,(H,18,21)(H,22,23)/t14-/m1/s1. The number of amides is 1. The molecule has 1 heterocycles. The first kappa shape index (κ1) is 16.7. The van der Waals surface area contributed by atoms with Crippen LogP contribution < -0.4 is 5.32 Å². The van der Waals surface area contributed by atoms with Crippen LogP contribution in [0.1, 0.15) is 30.6 Å². The van der Waals surface area contributed by atoms with Crippen molar-refractivity contribution in [3.8, 4) is 11.3 Å². The van der Waals surface area contributed by atoms with Crippen molar-refractivity contribution in [1.29, 1.82) is 0 Å². The van der Waals surface area contributed by atoms with E-state index < -0.39 is 17.9 Å². The zero-order valence-corrected chi connectivity index (χ0v) is 13.5. The summed E-state index contributed by atoms with van der Waals surface area (Å²) in [6.07, 6.45) is 1.98. The van der Waals surface area contributed by atoms with Crippen LogP contribution in [0.4, 0.5) is 0 Å². The summed E-state index contributed by atoms with van der Waals surface area (Å²) in [6, 6.07) is 8.43. The van der Waals surface area contributed by atoms with Gasteiger partial charge in [0, 0.05) is 18.8 Å². The normalized spacial score (nSPS) is 12.2. The van der Waals surface area contributed by atoms with Crippen LogP contribution in [0.25, 0.3) is 11.3 Å². The molecule has 1 atom stereocenters. The van der Waals surface area contributed by atoms with Gasteiger partial charge >= 0.3 is 5.97 Å². The van der Waals surface area contributed by atoms with Crippen LogP contribution in [-0.2, 0) is 11.8 Å². The molecule has 122 valence electrons. The van der Waals surface area contributed by atoms with Crippen molar-refractivity contribution in [2.75, 3.05) is 0 Å². The molecular formula is C17H21N3O3. The van der Waals surface area contributed by atoms with Crippen molar-refractivity contribution in [2.24, 2.45) is 13.0 Å². The number of carboxylic acid groups (broad SMARTS) is 1. The summed E-state index contributed by atoms with van der Waals surface area (Å²) in [5, 5.41) is 16.2.